The van der Waals surface area contributed by atoms with E-state index in [4.69, 9.17) is 5.73 Å². The van der Waals surface area contributed by atoms with Crippen molar-refractivity contribution in [2.45, 2.75) is 53.0 Å². The van der Waals surface area contributed by atoms with Crippen LogP contribution in [0.3, 0.4) is 0 Å². The monoisotopic (exact) mass is 185 g/mol. The van der Waals surface area contributed by atoms with E-state index in [0.717, 1.165) is 18.8 Å². The molecule has 0 rings (SSSR count). The van der Waals surface area contributed by atoms with Crippen molar-refractivity contribution < 1.29 is 4.79 Å². The summed E-state index contributed by atoms with van der Waals surface area (Å²) in [6, 6.07) is -0.241. The molecule has 0 saturated heterocycles. The van der Waals surface area contributed by atoms with Crippen molar-refractivity contribution in [2.75, 3.05) is 0 Å². The molecule has 0 spiro atoms. The smallest absolute Gasteiger partial charge is 0.146 e. The topological polar surface area (TPSA) is 43.1 Å². The lowest BCUT2D eigenvalue weighted by atomic mass is 9.92. The molecule has 0 amide bonds. The highest BCUT2D eigenvalue weighted by atomic mass is 16.1. The molecule has 2 nitrogen and oxygen atoms in total. The average Bonchev–Trinajstić information content (AvgIpc) is 1.98. The van der Waals surface area contributed by atoms with Crippen molar-refractivity contribution in [1.82, 2.24) is 0 Å². The third-order valence-electron chi connectivity index (χ3n) is 2.37. The number of hydrogen-bond donors (Lipinski definition) is 1. The van der Waals surface area contributed by atoms with Gasteiger partial charge in [0.25, 0.3) is 0 Å². The summed E-state index contributed by atoms with van der Waals surface area (Å²) in [7, 11) is 0. The predicted octanol–water partition coefficient (Wildman–Crippen LogP) is 2.37. The van der Waals surface area contributed by atoms with Crippen LogP contribution in [-0.4, -0.2) is 11.8 Å². The molecule has 0 saturated carbocycles. The van der Waals surface area contributed by atoms with E-state index in [-0.39, 0.29) is 11.8 Å². The van der Waals surface area contributed by atoms with Gasteiger partial charge >= 0.3 is 0 Å². The fraction of sp³-hybridized carbons (Fsp3) is 0.909. The van der Waals surface area contributed by atoms with Gasteiger partial charge in [-0.3, -0.25) is 4.79 Å². The minimum absolute atomic E-state index is 0.108. The molecule has 2 N–H and O–H groups in total. The van der Waals surface area contributed by atoms with Gasteiger partial charge in [-0.1, -0.05) is 20.8 Å². The summed E-state index contributed by atoms with van der Waals surface area (Å²) in [6.07, 6.45) is 3.13. The molecular formula is C11H23NO. The Balaban J connectivity index is 3.57. The Morgan fingerprint density at radius 1 is 1.23 bits per heavy atom. The number of Topliss-reactive ketones (excluding diaryl/α,β-unsaturated/α-hetero) is 1. The fourth-order valence-corrected chi connectivity index (χ4v) is 1.59. The number of hydrogen-bond acceptors (Lipinski definition) is 2. The van der Waals surface area contributed by atoms with E-state index in [2.05, 4.69) is 20.8 Å². The number of carbonyl (C=O) groups is 1. The lowest BCUT2D eigenvalue weighted by Crippen LogP contribution is -2.28. The zero-order chi connectivity index (χ0) is 10.4. The van der Waals surface area contributed by atoms with Gasteiger partial charge in [-0.25, -0.2) is 0 Å². The van der Waals surface area contributed by atoms with Gasteiger partial charge in [-0.2, -0.15) is 0 Å². The van der Waals surface area contributed by atoms with Gasteiger partial charge in [0.1, 0.15) is 5.78 Å². The largest absolute Gasteiger partial charge is 0.322 e. The maximum Gasteiger partial charge on any atom is 0.146 e. The van der Waals surface area contributed by atoms with Crippen LogP contribution in [0.4, 0.5) is 0 Å². The van der Waals surface area contributed by atoms with E-state index < -0.39 is 0 Å². The first-order valence-electron chi connectivity index (χ1n) is 5.19. The first-order valence-corrected chi connectivity index (χ1v) is 5.19. The third kappa shape index (κ3) is 6.76. The number of nitrogens with two attached hydrogens (primary N) is 1. The number of rotatable bonds is 6. The SMILES string of the molecule is CC(=O)[C@@H](N)CC[C@H](C)CC(C)C. The lowest BCUT2D eigenvalue weighted by Gasteiger charge is -2.15. The van der Waals surface area contributed by atoms with Gasteiger partial charge in [-0.05, 0) is 38.0 Å². The first kappa shape index (κ1) is 12.6. The van der Waals surface area contributed by atoms with E-state index in [0.29, 0.717) is 5.92 Å². The zero-order valence-electron chi connectivity index (χ0n) is 9.34. The van der Waals surface area contributed by atoms with E-state index in [1.165, 1.54) is 6.42 Å². The maximum absolute atomic E-state index is 10.9. The summed E-state index contributed by atoms with van der Waals surface area (Å²) in [6.45, 7) is 8.24. The molecule has 0 heterocycles. The number of ketones is 1. The molecule has 13 heavy (non-hydrogen) atoms. The van der Waals surface area contributed by atoms with Crippen molar-refractivity contribution in [3.63, 3.8) is 0 Å². The van der Waals surface area contributed by atoms with E-state index in [9.17, 15) is 4.79 Å². The summed E-state index contributed by atoms with van der Waals surface area (Å²) in [5, 5.41) is 0. The molecule has 0 aliphatic heterocycles. The standard InChI is InChI=1S/C11H23NO/c1-8(2)7-9(3)5-6-11(12)10(4)13/h8-9,11H,5-7,12H2,1-4H3/t9-,11-/m0/s1. The molecule has 0 radical (unpaired) electrons. The van der Waals surface area contributed by atoms with Crippen LogP contribution >= 0.6 is 0 Å². The minimum atomic E-state index is -0.241. The van der Waals surface area contributed by atoms with Gasteiger partial charge < -0.3 is 5.73 Å². The highest BCUT2D eigenvalue weighted by Crippen LogP contribution is 2.16. The van der Waals surface area contributed by atoms with E-state index >= 15 is 0 Å². The van der Waals surface area contributed by atoms with Crippen LogP contribution in [0.25, 0.3) is 0 Å². The molecule has 78 valence electrons. The van der Waals surface area contributed by atoms with E-state index in [1.807, 2.05) is 0 Å². The maximum atomic E-state index is 10.9. The first-order chi connectivity index (χ1) is 5.93. The Hall–Kier alpha value is -0.370. The molecule has 2 heteroatoms. The fourth-order valence-electron chi connectivity index (χ4n) is 1.59. The third-order valence-corrected chi connectivity index (χ3v) is 2.37. The normalized spacial score (nSPS) is 15.8. The molecule has 0 aromatic carbocycles. The Morgan fingerprint density at radius 2 is 1.77 bits per heavy atom. The van der Waals surface area contributed by atoms with Crippen molar-refractivity contribution in [3.8, 4) is 0 Å². The Morgan fingerprint density at radius 3 is 2.15 bits per heavy atom. The van der Waals surface area contributed by atoms with Crippen LogP contribution in [0, 0.1) is 11.8 Å². The van der Waals surface area contributed by atoms with Crippen LogP contribution in [-0.2, 0) is 4.79 Å². The van der Waals surface area contributed by atoms with Gasteiger partial charge in [0.15, 0.2) is 0 Å². The van der Waals surface area contributed by atoms with Crippen LogP contribution < -0.4 is 5.73 Å². The van der Waals surface area contributed by atoms with Crippen molar-refractivity contribution in [2.24, 2.45) is 17.6 Å². The lowest BCUT2D eigenvalue weighted by molar-refractivity contribution is -0.118. The van der Waals surface area contributed by atoms with Crippen LogP contribution in [0.15, 0.2) is 0 Å². The molecular weight excluding hydrogens is 162 g/mol. The summed E-state index contributed by atoms with van der Waals surface area (Å²) < 4.78 is 0. The summed E-state index contributed by atoms with van der Waals surface area (Å²) in [5.74, 6) is 1.53. The highest BCUT2D eigenvalue weighted by Gasteiger charge is 2.11. The quantitative estimate of drug-likeness (QED) is 0.690. The van der Waals surface area contributed by atoms with Crippen molar-refractivity contribution >= 4 is 5.78 Å². The minimum Gasteiger partial charge on any atom is -0.322 e. The summed E-state index contributed by atoms with van der Waals surface area (Å²) in [4.78, 5) is 10.9. The molecule has 0 aliphatic rings. The Labute approximate surface area is 81.9 Å². The molecule has 0 bridgehead atoms. The molecule has 0 fully saturated rings. The van der Waals surface area contributed by atoms with Gasteiger partial charge in [0.2, 0.25) is 0 Å². The second kappa shape index (κ2) is 6.14. The molecule has 0 aliphatic carbocycles. The van der Waals surface area contributed by atoms with Crippen LogP contribution in [0.5, 0.6) is 0 Å². The van der Waals surface area contributed by atoms with E-state index in [1.54, 1.807) is 6.92 Å². The molecule has 0 unspecified atom stereocenters. The Bertz CT molecular complexity index is 154. The molecule has 0 aromatic rings. The number of carbonyl (C=O) groups excluding carboxylic acids is 1. The van der Waals surface area contributed by atoms with Gasteiger partial charge in [0.05, 0.1) is 6.04 Å². The van der Waals surface area contributed by atoms with Gasteiger partial charge in [0, 0.05) is 0 Å². The average molecular weight is 185 g/mol. The molecule has 2 atom stereocenters. The highest BCUT2D eigenvalue weighted by molar-refractivity contribution is 5.80. The van der Waals surface area contributed by atoms with Crippen molar-refractivity contribution in [1.29, 1.82) is 0 Å². The predicted molar refractivity (Wildman–Crippen MR) is 56.5 cm³/mol. The second-order valence-electron chi connectivity index (χ2n) is 4.53. The van der Waals surface area contributed by atoms with Gasteiger partial charge in [-0.15, -0.1) is 0 Å². The molecule has 0 aromatic heterocycles. The zero-order valence-corrected chi connectivity index (χ0v) is 9.34. The van der Waals surface area contributed by atoms with Crippen LogP contribution in [0.1, 0.15) is 47.0 Å². The van der Waals surface area contributed by atoms with Crippen LogP contribution in [0.2, 0.25) is 0 Å². The Kier molecular flexibility index (Phi) is 5.97. The van der Waals surface area contributed by atoms with Crippen molar-refractivity contribution in [3.05, 3.63) is 0 Å². The second-order valence-corrected chi connectivity index (χ2v) is 4.53. The summed E-state index contributed by atoms with van der Waals surface area (Å²) in [5.41, 5.74) is 5.65. The summed E-state index contributed by atoms with van der Waals surface area (Å²) >= 11 is 0.